The van der Waals surface area contributed by atoms with Crippen molar-refractivity contribution >= 4 is 0 Å². The van der Waals surface area contributed by atoms with Gasteiger partial charge in [0.1, 0.15) is 6.61 Å². The molecule has 2 N–H and O–H groups in total. The van der Waals surface area contributed by atoms with E-state index in [1.807, 2.05) is 18.2 Å². The van der Waals surface area contributed by atoms with E-state index in [0.29, 0.717) is 13.2 Å². The van der Waals surface area contributed by atoms with E-state index in [4.69, 9.17) is 15.2 Å². The average Bonchev–Trinajstić information content (AvgIpc) is 2.43. The Morgan fingerprint density at radius 1 is 1.17 bits per heavy atom. The Morgan fingerprint density at radius 2 is 1.89 bits per heavy atom. The molecule has 0 saturated carbocycles. The van der Waals surface area contributed by atoms with E-state index in [-0.39, 0.29) is 0 Å². The van der Waals surface area contributed by atoms with Crippen molar-refractivity contribution in [3.8, 4) is 11.5 Å². The van der Waals surface area contributed by atoms with E-state index in [2.05, 4.69) is 18.7 Å². The lowest BCUT2D eigenvalue weighted by molar-refractivity contribution is 0.217. The fourth-order valence-corrected chi connectivity index (χ4v) is 1.78. The molecule has 18 heavy (non-hydrogen) atoms. The van der Waals surface area contributed by atoms with Crippen LogP contribution in [-0.2, 0) is 6.54 Å². The predicted octanol–water partition coefficient (Wildman–Crippen LogP) is 1.87. The summed E-state index contributed by atoms with van der Waals surface area (Å²) in [5, 5.41) is 0. The monoisotopic (exact) mass is 252 g/mol. The normalized spacial score (nSPS) is 10.7. The molecule has 0 atom stereocenters. The third-order valence-corrected chi connectivity index (χ3v) is 3.02. The zero-order valence-corrected chi connectivity index (χ0v) is 11.6. The van der Waals surface area contributed by atoms with E-state index >= 15 is 0 Å². The fourth-order valence-electron chi connectivity index (χ4n) is 1.78. The number of nitrogens with two attached hydrogens (primary N) is 1. The van der Waals surface area contributed by atoms with Gasteiger partial charge in [-0.2, -0.15) is 0 Å². The molecule has 0 aromatic heterocycles. The summed E-state index contributed by atoms with van der Waals surface area (Å²) in [4.78, 5) is 2.32. The highest BCUT2D eigenvalue weighted by Gasteiger charge is 2.06. The number of hydrogen-bond donors (Lipinski definition) is 1. The molecule has 1 rings (SSSR count). The van der Waals surface area contributed by atoms with Crippen LogP contribution in [0.3, 0.4) is 0 Å². The third-order valence-electron chi connectivity index (χ3n) is 3.02. The highest BCUT2D eigenvalue weighted by molar-refractivity contribution is 5.42. The van der Waals surface area contributed by atoms with Crippen molar-refractivity contribution in [3.63, 3.8) is 0 Å². The molecule has 0 spiro atoms. The maximum Gasteiger partial charge on any atom is 0.161 e. The molecule has 0 fully saturated rings. The lowest BCUT2D eigenvalue weighted by Gasteiger charge is -2.18. The van der Waals surface area contributed by atoms with Crippen molar-refractivity contribution in [2.45, 2.75) is 20.4 Å². The van der Waals surface area contributed by atoms with Crippen LogP contribution in [0.1, 0.15) is 19.4 Å². The van der Waals surface area contributed by atoms with Crippen LogP contribution in [0.15, 0.2) is 18.2 Å². The molecule has 4 heteroatoms. The smallest absolute Gasteiger partial charge is 0.161 e. The van der Waals surface area contributed by atoms with E-state index in [0.717, 1.165) is 36.7 Å². The molecular formula is C14H24N2O2. The van der Waals surface area contributed by atoms with Crippen LogP contribution in [0, 0.1) is 0 Å². The Bertz CT molecular complexity index is 352. The van der Waals surface area contributed by atoms with E-state index < -0.39 is 0 Å². The summed E-state index contributed by atoms with van der Waals surface area (Å²) in [5.41, 5.74) is 6.64. The molecule has 0 aliphatic carbocycles. The van der Waals surface area contributed by atoms with Gasteiger partial charge in [-0.05, 0) is 30.8 Å². The molecule has 1 aromatic rings. The number of hydrogen-bond acceptors (Lipinski definition) is 4. The molecule has 102 valence electrons. The lowest BCUT2D eigenvalue weighted by Crippen LogP contribution is -2.27. The minimum absolute atomic E-state index is 0.510. The largest absolute Gasteiger partial charge is 0.493 e. The first kappa shape index (κ1) is 14.8. The second-order valence-electron chi connectivity index (χ2n) is 4.06. The molecule has 4 nitrogen and oxygen atoms in total. The Balaban J connectivity index is 2.56. The first-order valence-corrected chi connectivity index (χ1v) is 6.47. The molecule has 0 saturated heterocycles. The van der Waals surface area contributed by atoms with Crippen LogP contribution in [0.25, 0.3) is 0 Å². The van der Waals surface area contributed by atoms with E-state index in [9.17, 15) is 0 Å². The summed E-state index contributed by atoms with van der Waals surface area (Å²) in [5.74, 6) is 1.53. The van der Waals surface area contributed by atoms with E-state index in [1.54, 1.807) is 7.11 Å². The summed E-state index contributed by atoms with van der Waals surface area (Å²) < 4.78 is 11.1. The summed E-state index contributed by atoms with van der Waals surface area (Å²) >= 11 is 0. The molecule has 0 unspecified atom stereocenters. The Kier molecular flexibility index (Phi) is 6.54. The average molecular weight is 252 g/mol. The van der Waals surface area contributed by atoms with Crippen LogP contribution in [0.4, 0.5) is 0 Å². The predicted molar refractivity (Wildman–Crippen MR) is 74.2 cm³/mol. The van der Waals surface area contributed by atoms with Gasteiger partial charge >= 0.3 is 0 Å². The zero-order chi connectivity index (χ0) is 13.4. The quantitative estimate of drug-likeness (QED) is 0.767. The second-order valence-corrected chi connectivity index (χ2v) is 4.06. The molecule has 0 heterocycles. The third kappa shape index (κ3) is 4.20. The maximum absolute atomic E-state index is 5.75. The van der Waals surface area contributed by atoms with Crippen molar-refractivity contribution in [2.24, 2.45) is 5.73 Å². The van der Waals surface area contributed by atoms with Gasteiger partial charge in [0.05, 0.1) is 7.11 Å². The van der Waals surface area contributed by atoms with Crippen molar-refractivity contribution in [2.75, 3.05) is 33.4 Å². The van der Waals surface area contributed by atoms with Gasteiger partial charge in [0, 0.05) is 13.1 Å². The Morgan fingerprint density at radius 3 is 2.44 bits per heavy atom. The number of benzene rings is 1. The summed E-state index contributed by atoms with van der Waals surface area (Å²) in [6.45, 7) is 8.50. The van der Waals surface area contributed by atoms with Gasteiger partial charge in [0.15, 0.2) is 11.5 Å². The highest BCUT2D eigenvalue weighted by Crippen LogP contribution is 2.27. The van der Waals surface area contributed by atoms with Crippen LogP contribution in [0.5, 0.6) is 11.5 Å². The summed E-state index contributed by atoms with van der Waals surface area (Å²) in [6, 6.07) is 5.81. The summed E-state index contributed by atoms with van der Waals surface area (Å²) in [7, 11) is 1.65. The molecule has 0 aliphatic rings. The van der Waals surface area contributed by atoms with Crippen LogP contribution < -0.4 is 15.2 Å². The molecule has 0 amide bonds. The van der Waals surface area contributed by atoms with Crippen LogP contribution in [-0.4, -0.2) is 38.3 Å². The van der Waals surface area contributed by atoms with Gasteiger partial charge in [0.25, 0.3) is 0 Å². The van der Waals surface area contributed by atoms with Gasteiger partial charge in [-0.15, -0.1) is 0 Å². The highest BCUT2D eigenvalue weighted by atomic mass is 16.5. The van der Waals surface area contributed by atoms with Crippen molar-refractivity contribution < 1.29 is 9.47 Å². The fraction of sp³-hybridized carbons (Fsp3) is 0.571. The van der Waals surface area contributed by atoms with Gasteiger partial charge in [-0.25, -0.2) is 0 Å². The Hall–Kier alpha value is -1.26. The lowest BCUT2D eigenvalue weighted by atomic mass is 10.2. The van der Waals surface area contributed by atoms with Gasteiger partial charge in [-0.3, -0.25) is 0 Å². The first-order chi connectivity index (χ1) is 8.74. The van der Waals surface area contributed by atoms with Crippen molar-refractivity contribution in [1.29, 1.82) is 0 Å². The topological polar surface area (TPSA) is 47.7 Å². The zero-order valence-electron chi connectivity index (χ0n) is 11.6. The van der Waals surface area contributed by atoms with Gasteiger partial charge < -0.3 is 20.1 Å². The molecular weight excluding hydrogens is 228 g/mol. The molecule has 1 aromatic carbocycles. The van der Waals surface area contributed by atoms with Gasteiger partial charge in [0.2, 0.25) is 0 Å². The number of methoxy groups -OCH3 is 1. The molecule has 0 radical (unpaired) electrons. The van der Waals surface area contributed by atoms with Crippen LogP contribution >= 0.6 is 0 Å². The molecule has 0 bridgehead atoms. The number of rotatable bonds is 8. The number of likely N-dealkylation sites (N-methyl/N-ethyl adjacent to an activating group) is 1. The van der Waals surface area contributed by atoms with Crippen molar-refractivity contribution in [3.05, 3.63) is 23.8 Å². The first-order valence-electron chi connectivity index (χ1n) is 6.47. The second kappa shape index (κ2) is 7.95. The SMILES string of the molecule is CCN(CC)CCOc1ccc(CN)cc1OC. The Labute approximate surface area is 110 Å². The summed E-state index contributed by atoms with van der Waals surface area (Å²) in [6.07, 6.45) is 0. The van der Waals surface area contributed by atoms with Crippen LogP contribution in [0.2, 0.25) is 0 Å². The minimum atomic E-state index is 0.510. The molecule has 0 aliphatic heterocycles. The number of ether oxygens (including phenoxy) is 2. The van der Waals surface area contributed by atoms with Gasteiger partial charge in [-0.1, -0.05) is 19.9 Å². The van der Waals surface area contributed by atoms with E-state index in [1.165, 1.54) is 0 Å². The maximum atomic E-state index is 5.75. The number of nitrogens with zero attached hydrogens (tertiary/aromatic N) is 1. The standard InChI is InChI=1S/C14H24N2O2/c1-4-16(5-2)8-9-18-13-7-6-12(11-15)10-14(13)17-3/h6-7,10H,4-5,8-9,11,15H2,1-3H3. The van der Waals surface area contributed by atoms with Crippen molar-refractivity contribution in [1.82, 2.24) is 4.90 Å². The minimum Gasteiger partial charge on any atom is -0.493 e.